The van der Waals surface area contributed by atoms with Crippen LogP contribution < -0.4 is 20.4 Å². The largest absolute Gasteiger partial charge is 2.00 e. The Kier molecular flexibility index (Phi) is 66.1. The van der Waals surface area contributed by atoms with Crippen LogP contribution in [-0.4, -0.2) is 115 Å². The van der Waals surface area contributed by atoms with E-state index in [1.807, 2.05) is 0 Å². The Morgan fingerprint density at radius 1 is 0.389 bits per heavy atom. The van der Waals surface area contributed by atoms with E-state index in [-0.39, 0.29) is 91.0 Å². The van der Waals surface area contributed by atoms with Gasteiger partial charge in [0.25, 0.3) is 0 Å². The molecule has 0 aliphatic rings. The van der Waals surface area contributed by atoms with Crippen LogP contribution in [0.3, 0.4) is 0 Å². The molecule has 0 fully saturated rings. The third kappa shape index (κ3) is 759. The fraction of sp³-hybridized carbons (Fsp3) is 1.00. The van der Waals surface area contributed by atoms with Crippen LogP contribution in [0.15, 0.2) is 0 Å². The molecule has 0 amide bonds. The van der Waals surface area contributed by atoms with E-state index in [9.17, 15) is 20.4 Å². The van der Waals surface area contributed by atoms with Gasteiger partial charge in [-0.05, 0) is 0 Å². The molecule has 6 heteroatoms. The van der Waals surface area contributed by atoms with E-state index in [0.29, 0.717) is 0 Å². The van der Waals surface area contributed by atoms with E-state index in [2.05, 4.69) is 0 Å². The van der Waals surface area contributed by atoms with Gasteiger partial charge in [-0.25, -0.2) is 0 Å². The quantitative estimate of drug-likeness (QED) is 0.442. The second-order valence-corrected chi connectivity index (χ2v) is 4.20. The van der Waals surface area contributed by atoms with Gasteiger partial charge in [-0.2, -0.15) is 0 Å². The summed E-state index contributed by atoms with van der Waals surface area (Å²) in [7, 11) is 0. The molecule has 0 aliphatic heterocycles. The SMILES string of the molecule is CC(C)[O-].CC(C)[O-].CC(C)[O-].CC(C)[O-].[Sr+2].[Sr+2]. The van der Waals surface area contributed by atoms with Gasteiger partial charge in [-0.1, -0.05) is 55.4 Å². The molecule has 0 heterocycles. The van der Waals surface area contributed by atoms with Gasteiger partial charge in [0.2, 0.25) is 0 Å². The van der Waals surface area contributed by atoms with Crippen LogP contribution >= 0.6 is 0 Å². The van der Waals surface area contributed by atoms with Crippen LogP contribution in [0.2, 0.25) is 0 Å². The van der Waals surface area contributed by atoms with Crippen molar-refractivity contribution in [2.45, 2.75) is 79.8 Å². The molecule has 0 spiro atoms. The van der Waals surface area contributed by atoms with Gasteiger partial charge in [0.15, 0.2) is 0 Å². The molecular weight excluding hydrogens is 383 g/mol. The Morgan fingerprint density at radius 3 is 0.389 bits per heavy atom. The summed E-state index contributed by atoms with van der Waals surface area (Å²) in [5, 5.41) is 38.1. The Morgan fingerprint density at radius 2 is 0.389 bits per heavy atom. The normalized spacial score (nSPS) is 8.00. The maximum Gasteiger partial charge on any atom is 2.00 e. The topological polar surface area (TPSA) is 92.2 Å². The average molecular weight is 412 g/mol. The van der Waals surface area contributed by atoms with Crippen LogP contribution in [0.1, 0.15) is 55.4 Å². The van der Waals surface area contributed by atoms with E-state index >= 15 is 0 Å². The standard InChI is InChI=1S/4C3H7O.2Sr/c4*1-3(2)4;;/h4*3H,1-2H3;;/q4*-1;2*+2. The van der Waals surface area contributed by atoms with Gasteiger partial charge in [-0.3, -0.25) is 0 Å². The zero-order chi connectivity index (χ0) is 14.3. The van der Waals surface area contributed by atoms with Gasteiger partial charge < -0.3 is 20.4 Å². The summed E-state index contributed by atoms with van der Waals surface area (Å²) < 4.78 is 0. The minimum absolute atomic E-state index is 0. The maximum absolute atomic E-state index is 9.53. The molecule has 104 valence electrons. The fourth-order valence-corrected chi connectivity index (χ4v) is 0. The molecule has 0 aliphatic carbocycles. The van der Waals surface area contributed by atoms with E-state index in [1.165, 1.54) is 0 Å². The minimum Gasteiger partial charge on any atom is -0.852 e. The monoisotopic (exact) mass is 412 g/mol. The zero-order valence-electron chi connectivity index (χ0n) is 13.4. The van der Waals surface area contributed by atoms with Gasteiger partial charge in [0.05, 0.1) is 0 Å². The fourth-order valence-electron chi connectivity index (χ4n) is 0. The van der Waals surface area contributed by atoms with Gasteiger partial charge in [-0.15, -0.1) is 24.4 Å². The molecule has 0 aromatic heterocycles. The number of rotatable bonds is 0. The Hall–Kier alpha value is 2.80. The van der Waals surface area contributed by atoms with E-state index in [1.54, 1.807) is 55.4 Å². The molecule has 0 saturated carbocycles. The second-order valence-electron chi connectivity index (χ2n) is 4.20. The first-order chi connectivity index (χ1) is 6.93. The summed E-state index contributed by atoms with van der Waals surface area (Å²) in [6.45, 7) is 12.9. The Bertz CT molecular complexity index is 65.1. The smallest absolute Gasteiger partial charge is 0.852 e. The average Bonchev–Trinajstić information content (AvgIpc) is 1.76. The molecule has 0 N–H and O–H groups in total. The van der Waals surface area contributed by atoms with E-state index in [0.717, 1.165) is 0 Å². The zero-order valence-corrected chi connectivity index (χ0v) is 20.3. The van der Waals surface area contributed by atoms with Gasteiger partial charge in [0.1, 0.15) is 0 Å². The predicted octanol–water partition coefficient (Wildman–Crippen LogP) is -1.74. The molecule has 0 radical (unpaired) electrons. The van der Waals surface area contributed by atoms with Crippen molar-refractivity contribution in [3.63, 3.8) is 0 Å². The van der Waals surface area contributed by atoms with E-state index < -0.39 is 24.4 Å². The van der Waals surface area contributed by atoms with Crippen molar-refractivity contribution in [3.05, 3.63) is 0 Å². The summed E-state index contributed by atoms with van der Waals surface area (Å²) in [5.41, 5.74) is 0. The van der Waals surface area contributed by atoms with Crippen LogP contribution in [0.25, 0.3) is 0 Å². The van der Waals surface area contributed by atoms with Gasteiger partial charge in [0, 0.05) is 0 Å². The third-order valence-electron chi connectivity index (χ3n) is 0. The first-order valence-electron chi connectivity index (χ1n) is 5.56. The number of hydrogen-bond acceptors (Lipinski definition) is 4. The summed E-state index contributed by atoms with van der Waals surface area (Å²) in [4.78, 5) is 0. The molecule has 4 nitrogen and oxygen atoms in total. The molecule has 18 heavy (non-hydrogen) atoms. The first-order valence-corrected chi connectivity index (χ1v) is 5.56. The molecule has 0 aromatic carbocycles. The molecule has 0 bridgehead atoms. The van der Waals surface area contributed by atoms with E-state index in [4.69, 9.17) is 0 Å². The van der Waals surface area contributed by atoms with Crippen molar-refractivity contribution < 1.29 is 20.4 Å². The van der Waals surface area contributed by atoms with Crippen LogP contribution in [0.4, 0.5) is 0 Å². The first kappa shape index (κ1) is 37.2. The van der Waals surface area contributed by atoms with Crippen molar-refractivity contribution in [1.82, 2.24) is 0 Å². The number of hydrogen-bond donors (Lipinski definition) is 0. The van der Waals surface area contributed by atoms with Crippen molar-refractivity contribution in [2.75, 3.05) is 0 Å². The second kappa shape index (κ2) is 31.9. The molecule has 0 saturated heterocycles. The minimum atomic E-state index is -0.417. The Labute approximate surface area is 188 Å². The van der Waals surface area contributed by atoms with Crippen molar-refractivity contribution in [1.29, 1.82) is 0 Å². The third-order valence-corrected chi connectivity index (χ3v) is 0. The van der Waals surface area contributed by atoms with Gasteiger partial charge >= 0.3 is 91.0 Å². The molecule has 0 rings (SSSR count). The summed E-state index contributed by atoms with van der Waals surface area (Å²) in [5.74, 6) is 0. The van der Waals surface area contributed by atoms with Crippen LogP contribution in [0.5, 0.6) is 0 Å². The molecule has 0 aromatic rings. The molecular formula is C12H28O4Sr2. The molecule has 0 atom stereocenters. The van der Waals surface area contributed by atoms with Crippen molar-refractivity contribution >= 4 is 91.0 Å². The maximum atomic E-state index is 9.53. The van der Waals surface area contributed by atoms with Crippen LogP contribution in [-0.2, 0) is 0 Å². The summed E-state index contributed by atoms with van der Waals surface area (Å²) in [6.07, 6.45) is -1.67. The van der Waals surface area contributed by atoms with Crippen molar-refractivity contribution in [3.8, 4) is 0 Å². The van der Waals surface area contributed by atoms with Crippen molar-refractivity contribution in [2.24, 2.45) is 0 Å². The van der Waals surface area contributed by atoms with Crippen LogP contribution in [0, 0.1) is 0 Å². The summed E-state index contributed by atoms with van der Waals surface area (Å²) >= 11 is 0. The summed E-state index contributed by atoms with van der Waals surface area (Å²) in [6, 6.07) is 0. The predicted molar refractivity (Wildman–Crippen MR) is 72.1 cm³/mol. The molecule has 0 unspecified atom stereocenters. The Balaban J connectivity index is -0.0000000257.